The Balaban J connectivity index is 2.55. The minimum atomic E-state index is -0.0683. The monoisotopic (exact) mass is 255 g/mol. The first kappa shape index (κ1) is 16.0. The van der Waals surface area contributed by atoms with Crippen LogP contribution in [0.25, 0.3) is 0 Å². The van der Waals surface area contributed by atoms with Crippen molar-refractivity contribution < 1.29 is 5.11 Å². The smallest absolute Gasteiger partial charge is 0.0580 e. The molecule has 1 N–H and O–H groups in total. The van der Waals surface area contributed by atoms with E-state index in [1.807, 2.05) is 0 Å². The molecule has 0 aliphatic heterocycles. The van der Waals surface area contributed by atoms with Crippen molar-refractivity contribution in [2.75, 3.05) is 13.1 Å². The van der Waals surface area contributed by atoms with Gasteiger partial charge in [-0.2, -0.15) is 0 Å². The highest BCUT2D eigenvalue weighted by atomic mass is 16.3. The van der Waals surface area contributed by atoms with Crippen LogP contribution in [0.3, 0.4) is 0 Å². The first-order valence-electron chi connectivity index (χ1n) is 7.86. The molecule has 1 saturated carbocycles. The number of rotatable bonds is 6. The molecule has 108 valence electrons. The standard InChI is InChI=1S/C16H33NO/c1-6-14-7-8-16(18)15(9-14)11-17(13(4)5)10-12(2)3/h12-16,18H,6-11H2,1-5H3. The van der Waals surface area contributed by atoms with Gasteiger partial charge in [-0.3, -0.25) is 0 Å². The third kappa shape index (κ3) is 4.89. The molecule has 3 unspecified atom stereocenters. The number of hydrogen-bond donors (Lipinski definition) is 1. The van der Waals surface area contributed by atoms with Gasteiger partial charge in [-0.25, -0.2) is 0 Å². The van der Waals surface area contributed by atoms with Crippen LogP contribution in [-0.4, -0.2) is 35.2 Å². The molecule has 1 aliphatic carbocycles. The maximum Gasteiger partial charge on any atom is 0.0580 e. The minimum Gasteiger partial charge on any atom is -0.393 e. The molecule has 3 atom stereocenters. The molecule has 1 aliphatic rings. The Morgan fingerprint density at radius 1 is 1.17 bits per heavy atom. The van der Waals surface area contributed by atoms with Crippen LogP contribution in [0.1, 0.15) is 60.3 Å². The lowest BCUT2D eigenvalue weighted by atomic mass is 9.78. The molecule has 1 rings (SSSR count). The molecule has 2 nitrogen and oxygen atoms in total. The van der Waals surface area contributed by atoms with Crippen molar-refractivity contribution in [2.24, 2.45) is 17.8 Å². The zero-order chi connectivity index (χ0) is 13.7. The summed E-state index contributed by atoms with van der Waals surface area (Å²) in [5.74, 6) is 2.03. The summed E-state index contributed by atoms with van der Waals surface area (Å²) in [6.07, 6.45) is 4.66. The number of hydrogen-bond acceptors (Lipinski definition) is 2. The molecule has 0 aromatic rings. The zero-order valence-corrected chi connectivity index (χ0v) is 13.0. The second-order valence-electron chi connectivity index (χ2n) is 6.86. The van der Waals surface area contributed by atoms with E-state index < -0.39 is 0 Å². The summed E-state index contributed by atoms with van der Waals surface area (Å²) in [5, 5.41) is 10.2. The molecular weight excluding hydrogens is 222 g/mol. The summed E-state index contributed by atoms with van der Waals surface area (Å²) in [7, 11) is 0. The van der Waals surface area contributed by atoms with Gasteiger partial charge in [0.25, 0.3) is 0 Å². The van der Waals surface area contributed by atoms with Gasteiger partial charge in [0, 0.05) is 19.1 Å². The summed E-state index contributed by atoms with van der Waals surface area (Å²) in [6.45, 7) is 13.6. The molecule has 0 bridgehead atoms. The van der Waals surface area contributed by atoms with Crippen molar-refractivity contribution >= 4 is 0 Å². The Bertz CT molecular complexity index is 227. The van der Waals surface area contributed by atoms with E-state index in [0.29, 0.717) is 17.9 Å². The van der Waals surface area contributed by atoms with Gasteiger partial charge < -0.3 is 10.0 Å². The molecule has 0 heterocycles. The van der Waals surface area contributed by atoms with E-state index in [9.17, 15) is 5.11 Å². The third-order valence-corrected chi connectivity index (χ3v) is 4.43. The average Bonchev–Trinajstić information content (AvgIpc) is 2.30. The van der Waals surface area contributed by atoms with Crippen LogP contribution in [0.2, 0.25) is 0 Å². The third-order valence-electron chi connectivity index (χ3n) is 4.43. The van der Waals surface area contributed by atoms with E-state index in [1.54, 1.807) is 0 Å². The van der Waals surface area contributed by atoms with Crippen LogP contribution in [0.15, 0.2) is 0 Å². The van der Waals surface area contributed by atoms with Crippen molar-refractivity contribution in [3.8, 4) is 0 Å². The first-order chi connectivity index (χ1) is 8.43. The molecular formula is C16H33NO. The second kappa shape index (κ2) is 7.49. The van der Waals surface area contributed by atoms with Crippen molar-refractivity contribution in [3.05, 3.63) is 0 Å². The van der Waals surface area contributed by atoms with Crippen molar-refractivity contribution in [2.45, 2.75) is 72.4 Å². The average molecular weight is 255 g/mol. The van der Waals surface area contributed by atoms with Gasteiger partial charge >= 0.3 is 0 Å². The van der Waals surface area contributed by atoms with Crippen LogP contribution in [-0.2, 0) is 0 Å². The predicted octanol–water partition coefficient (Wildman–Crippen LogP) is 3.54. The van der Waals surface area contributed by atoms with E-state index in [-0.39, 0.29) is 6.10 Å². The fourth-order valence-corrected chi connectivity index (χ4v) is 3.18. The predicted molar refractivity (Wildman–Crippen MR) is 78.7 cm³/mol. The Kier molecular flexibility index (Phi) is 6.65. The quantitative estimate of drug-likeness (QED) is 0.784. The Hall–Kier alpha value is -0.0800. The van der Waals surface area contributed by atoms with Gasteiger partial charge in [0.2, 0.25) is 0 Å². The van der Waals surface area contributed by atoms with Gasteiger partial charge in [-0.1, -0.05) is 27.2 Å². The fraction of sp³-hybridized carbons (Fsp3) is 1.00. The molecule has 2 heteroatoms. The van der Waals surface area contributed by atoms with Crippen LogP contribution >= 0.6 is 0 Å². The second-order valence-corrected chi connectivity index (χ2v) is 6.86. The molecule has 0 aromatic carbocycles. The van der Waals surface area contributed by atoms with Crippen molar-refractivity contribution in [1.29, 1.82) is 0 Å². The summed E-state index contributed by atoms with van der Waals surface area (Å²) in [4.78, 5) is 2.55. The molecule has 0 spiro atoms. The summed E-state index contributed by atoms with van der Waals surface area (Å²) in [6, 6.07) is 0.585. The largest absolute Gasteiger partial charge is 0.393 e. The molecule has 0 amide bonds. The van der Waals surface area contributed by atoms with Gasteiger partial charge in [0.05, 0.1) is 6.10 Å². The number of aliphatic hydroxyl groups is 1. The highest BCUT2D eigenvalue weighted by Gasteiger charge is 2.30. The lowest BCUT2D eigenvalue weighted by molar-refractivity contribution is 0.0185. The summed E-state index contributed by atoms with van der Waals surface area (Å²) >= 11 is 0. The lowest BCUT2D eigenvalue weighted by Crippen LogP contribution is -2.43. The maximum absolute atomic E-state index is 10.2. The van der Waals surface area contributed by atoms with Crippen molar-refractivity contribution in [1.82, 2.24) is 4.90 Å². The minimum absolute atomic E-state index is 0.0683. The van der Waals surface area contributed by atoms with Crippen LogP contribution in [0, 0.1) is 17.8 Å². The van der Waals surface area contributed by atoms with E-state index in [4.69, 9.17) is 0 Å². The molecule has 0 aromatic heterocycles. The van der Waals surface area contributed by atoms with Crippen LogP contribution in [0.4, 0.5) is 0 Å². The number of aliphatic hydroxyl groups excluding tert-OH is 1. The number of nitrogens with zero attached hydrogens (tertiary/aromatic N) is 1. The first-order valence-corrected chi connectivity index (χ1v) is 7.86. The van der Waals surface area contributed by atoms with Crippen LogP contribution < -0.4 is 0 Å². The van der Waals surface area contributed by atoms with Gasteiger partial charge in [0.1, 0.15) is 0 Å². The molecule has 18 heavy (non-hydrogen) atoms. The maximum atomic E-state index is 10.2. The van der Waals surface area contributed by atoms with E-state index in [0.717, 1.165) is 25.4 Å². The van der Waals surface area contributed by atoms with Crippen molar-refractivity contribution in [3.63, 3.8) is 0 Å². The molecule has 0 radical (unpaired) electrons. The summed E-state index contributed by atoms with van der Waals surface area (Å²) < 4.78 is 0. The highest BCUT2D eigenvalue weighted by Crippen LogP contribution is 2.32. The zero-order valence-electron chi connectivity index (χ0n) is 13.0. The molecule has 0 saturated heterocycles. The topological polar surface area (TPSA) is 23.5 Å². The molecule has 1 fully saturated rings. The summed E-state index contributed by atoms with van der Waals surface area (Å²) in [5.41, 5.74) is 0. The fourth-order valence-electron chi connectivity index (χ4n) is 3.18. The van der Waals surface area contributed by atoms with Gasteiger partial charge in [-0.05, 0) is 50.9 Å². The Morgan fingerprint density at radius 3 is 2.33 bits per heavy atom. The Morgan fingerprint density at radius 2 is 1.83 bits per heavy atom. The highest BCUT2D eigenvalue weighted by molar-refractivity contribution is 4.82. The van der Waals surface area contributed by atoms with E-state index in [2.05, 4.69) is 39.5 Å². The normalized spacial score (nSPS) is 29.5. The Labute approximate surface area is 114 Å². The van der Waals surface area contributed by atoms with Gasteiger partial charge in [0.15, 0.2) is 0 Å². The van der Waals surface area contributed by atoms with E-state index in [1.165, 1.54) is 19.3 Å². The SMILES string of the molecule is CCC1CCC(O)C(CN(CC(C)C)C(C)C)C1. The lowest BCUT2D eigenvalue weighted by Gasteiger charge is -2.38. The van der Waals surface area contributed by atoms with Gasteiger partial charge in [-0.15, -0.1) is 0 Å². The van der Waals surface area contributed by atoms with E-state index >= 15 is 0 Å². The van der Waals surface area contributed by atoms with Crippen LogP contribution in [0.5, 0.6) is 0 Å².